The molecule has 1 aromatic heterocycles. The molecule has 2 amide bonds. The molecule has 2 heterocycles. The fourth-order valence-electron chi connectivity index (χ4n) is 9.64. The van der Waals surface area contributed by atoms with Crippen LogP contribution in [0.4, 0.5) is 4.79 Å². The standard InChI is InChI=1S/C29H42N2O6/c1-26-10-5-19(30-25(34)31-14-9-20(32)16-31)15-28(26,35)12-7-23-22(26)6-11-27(2)21(8-13-29(23,27)36)18-3-4-24(33)37-17-18/h3-4,17,19-23,32,35-36H,5-16H2,1-2H3,(H,30,34)/t19-,20-,21+,22-,23+,26+,27+,28-,29-/m0/s1. The second-order valence-electron chi connectivity index (χ2n) is 13.3. The van der Waals surface area contributed by atoms with E-state index < -0.39 is 17.3 Å². The third-order valence-corrected chi connectivity index (χ3v) is 11.9. The molecule has 5 fully saturated rings. The van der Waals surface area contributed by atoms with E-state index >= 15 is 0 Å². The molecule has 0 spiro atoms. The van der Waals surface area contributed by atoms with Crippen molar-refractivity contribution in [1.82, 2.24) is 10.2 Å². The van der Waals surface area contributed by atoms with Crippen molar-refractivity contribution in [2.24, 2.45) is 22.7 Å². The van der Waals surface area contributed by atoms with Crippen LogP contribution in [0.5, 0.6) is 0 Å². The molecule has 9 atom stereocenters. The number of aliphatic hydroxyl groups excluding tert-OH is 1. The second-order valence-corrected chi connectivity index (χ2v) is 13.3. The number of hydrogen-bond acceptors (Lipinski definition) is 6. The Morgan fingerprint density at radius 3 is 2.46 bits per heavy atom. The Morgan fingerprint density at radius 1 is 1.00 bits per heavy atom. The fraction of sp³-hybridized carbons (Fsp3) is 0.793. The molecule has 204 valence electrons. The third kappa shape index (κ3) is 3.65. The molecular formula is C29H42N2O6. The average Bonchev–Trinajstić information content (AvgIpc) is 3.41. The first-order chi connectivity index (χ1) is 17.5. The van der Waals surface area contributed by atoms with Crippen molar-refractivity contribution < 1.29 is 24.5 Å². The van der Waals surface area contributed by atoms with Crippen LogP contribution >= 0.6 is 0 Å². The van der Waals surface area contributed by atoms with E-state index in [0.717, 1.165) is 50.5 Å². The summed E-state index contributed by atoms with van der Waals surface area (Å²) in [7, 11) is 0. The maximum Gasteiger partial charge on any atom is 0.335 e. The average molecular weight is 515 g/mol. The van der Waals surface area contributed by atoms with Gasteiger partial charge < -0.3 is 30.0 Å². The number of nitrogens with zero attached hydrogens (tertiary/aromatic N) is 1. The first-order valence-electron chi connectivity index (χ1n) is 14.3. The van der Waals surface area contributed by atoms with Crippen molar-refractivity contribution >= 4 is 6.03 Å². The molecule has 0 radical (unpaired) electrons. The zero-order valence-electron chi connectivity index (χ0n) is 22.1. The Kier molecular flexibility index (Phi) is 5.87. The van der Waals surface area contributed by atoms with Crippen molar-refractivity contribution in [2.45, 2.75) is 107 Å². The second kappa shape index (κ2) is 8.55. The normalized spacial score (nSPS) is 47.2. The number of β-amino-alcohol motifs (C(OH)–C–C–N with tert-alkyl or cyclic N) is 1. The van der Waals surface area contributed by atoms with Crippen LogP contribution in [-0.4, -0.2) is 62.7 Å². The van der Waals surface area contributed by atoms with Crippen molar-refractivity contribution in [3.63, 3.8) is 0 Å². The van der Waals surface area contributed by atoms with Crippen LogP contribution in [0.1, 0.15) is 89.5 Å². The van der Waals surface area contributed by atoms with Gasteiger partial charge in [-0.1, -0.05) is 13.8 Å². The summed E-state index contributed by atoms with van der Waals surface area (Å²) in [6, 6.07) is 3.12. The van der Waals surface area contributed by atoms with Gasteiger partial charge in [0.1, 0.15) is 0 Å². The molecule has 5 aliphatic rings. The molecular weight excluding hydrogens is 472 g/mol. The molecule has 4 N–H and O–H groups in total. The number of hydrogen-bond donors (Lipinski definition) is 4. The molecule has 6 rings (SSSR count). The van der Waals surface area contributed by atoms with Crippen LogP contribution in [-0.2, 0) is 0 Å². The van der Waals surface area contributed by atoms with E-state index in [1.54, 1.807) is 11.2 Å². The summed E-state index contributed by atoms with van der Waals surface area (Å²) < 4.78 is 5.19. The van der Waals surface area contributed by atoms with Crippen LogP contribution in [0.2, 0.25) is 0 Å². The SMILES string of the molecule is C[C@]12CC[C@H](NC(=O)N3CC[C@H](O)C3)C[C@@]1(O)CC[C@@H]1[C@@H]2CC[C@]2(C)[C@@H](c3ccc(=O)oc3)CC[C@]12O. The number of likely N-dealkylation sites (tertiary alicyclic amines) is 1. The molecule has 0 aromatic carbocycles. The van der Waals surface area contributed by atoms with Gasteiger partial charge in [-0.2, -0.15) is 0 Å². The molecule has 1 saturated heterocycles. The monoisotopic (exact) mass is 514 g/mol. The summed E-state index contributed by atoms with van der Waals surface area (Å²) in [5, 5.41) is 37.4. The largest absolute Gasteiger partial charge is 0.431 e. The topological polar surface area (TPSA) is 123 Å². The van der Waals surface area contributed by atoms with E-state index in [0.29, 0.717) is 32.4 Å². The Balaban J connectivity index is 1.20. The first-order valence-corrected chi connectivity index (χ1v) is 14.3. The number of urea groups is 1. The lowest BCUT2D eigenvalue weighted by Crippen LogP contribution is -2.68. The number of amides is 2. The van der Waals surface area contributed by atoms with Crippen LogP contribution in [0.25, 0.3) is 0 Å². The lowest BCUT2D eigenvalue weighted by atomic mass is 9.42. The van der Waals surface area contributed by atoms with Gasteiger partial charge in [0, 0.05) is 30.6 Å². The van der Waals surface area contributed by atoms with E-state index in [1.807, 2.05) is 6.07 Å². The summed E-state index contributed by atoms with van der Waals surface area (Å²) in [5.41, 5.74) is -1.66. The van der Waals surface area contributed by atoms with E-state index in [1.165, 1.54) is 6.07 Å². The fourth-order valence-corrected chi connectivity index (χ4v) is 9.64. The van der Waals surface area contributed by atoms with Gasteiger partial charge in [-0.3, -0.25) is 0 Å². The number of fused-ring (bicyclic) bond motifs is 5. The Hall–Kier alpha value is -1.90. The predicted molar refractivity (Wildman–Crippen MR) is 137 cm³/mol. The molecule has 0 unspecified atom stereocenters. The highest BCUT2D eigenvalue weighted by Gasteiger charge is 2.70. The van der Waals surface area contributed by atoms with Gasteiger partial charge in [0.25, 0.3) is 0 Å². The molecule has 37 heavy (non-hydrogen) atoms. The smallest absolute Gasteiger partial charge is 0.335 e. The summed E-state index contributed by atoms with van der Waals surface area (Å²) in [5.74, 6) is 0.489. The van der Waals surface area contributed by atoms with Crippen molar-refractivity contribution in [2.75, 3.05) is 13.1 Å². The molecule has 4 aliphatic carbocycles. The summed E-state index contributed by atoms with van der Waals surface area (Å²) >= 11 is 0. The number of rotatable bonds is 2. The van der Waals surface area contributed by atoms with E-state index in [-0.39, 0.29) is 46.3 Å². The molecule has 8 heteroatoms. The van der Waals surface area contributed by atoms with E-state index in [4.69, 9.17) is 4.42 Å². The Morgan fingerprint density at radius 2 is 1.76 bits per heavy atom. The van der Waals surface area contributed by atoms with Gasteiger partial charge in [0.05, 0.1) is 23.6 Å². The highest BCUT2D eigenvalue weighted by Crippen LogP contribution is 2.71. The van der Waals surface area contributed by atoms with Crippen LogP contribution < -0.4 is 10.9 Å². The molecule has 1 aliphatic heterocycles. The minimum absolute atomic E-state index is 0.0830. The van der Waals surface area contributed by atoms with Crippen molar-refractivity contribution in [3.05, 3.63) is 34.4 Å². The predicted octanol–water partition coefficient (Wildman–Crippen LogP) is 3.14. The summed E-state index contributed by atoms with van der Waals surface area (Å²) in [4.78, 5) is 26.0. The van der Waals surface area contributed by atoms with Crippen molar-refractivity contribution in [1.29, 1.82) is 0 Å². The van der Waals surface area contributed by atoms with Gasteiger partial charge in [0.2, 0.25) is 0 Å². The molecule has 0 bridgehead atoms. The zero-order chi connectivity index (χ0) is 26.2. The van der Waals surface area contributed by atoms with Crippen molar-refractivity contribution in [3.8, 4) is 0 Å². The highest BCUT2D eigenvalue weighted by atomic mass is 16.4. The lowest BCUT2D eigenvalue weighted by Gasteiger charge is -2.66. The number of carbonyl (C=O) groups excluding carboxylic acids is 1. The molecule has 4 saturated carbocycles. The summed E-state index contributed by atoms with van der Waals surface area (Å²) in [6.07, 6.45) is 8.74. The number of carbonyl (C=O) groups is 1. The van der Waals surface area contributed by atoms with Crippen LogP contribution in [0.3, 0.4) is 0 Å². The Labute approximate surface area is 218 Å². The first kappa shape index (κ1) is 25.4. The number of aliphatic hydroxyl groups is 3. The Bertz CT molecular complexity index is 1100. The highest BCUT2D eigenvalue weighted by molar-refractivity contribution is 5.75. The minimum Gasteiger partial charge on any atom is -0.431 e. The quantitative estimate of drug-likeness (QED) is 0.481. The van der Waals surface area contributed by atoms with Gasteiger partial charge >= 0.3 is 11.7 Å². The van der Waals surface area contributed by atoms with Crippen LogP contribution in [0, 0.1) is 22.7 Å². The van der Waals surface area contributed by atoms with E-state index in [9.17, 15) is 24.9 Å². The van der Waals surface area contributed by atoms with Gasteiger partial charge in [-0.05, 0) is 99.0 Å². The van der Waals surface area contributed by atoms with E-state index in [2.05, 4.69) is 19.2 Å². The van der Waals surface area contributed by atoms with Gasteiger partial charge in [-0.25, -0.2) is 9.59 Å². The third-order valence-electron chi connectivity index (χ3n) is 11.9. The molecule has 8 nitrogen and oxygen atoms in total. The maximum atomic E-state index is 12.8. The van der Waals surface area contributed by atoms with Crippen LogP contribution in [0.15, 0.2) is 27.6 Å². The summed E-state index contributed by atoms with van der Waals surface area (Å²) in [6.45, 7) is 5.39. The number of nitrogens with one attached hydrogen (secondary N) is 1. The zero-order valence-corrected chi connectivity index (χ0v) is 22.1. The minimum atomic E-state index is -0.875. The molecule has 1 aromatic rings. The lowest BCUT2D eigenvalue weighted by molar-refractivity contribution is -0.247. The van der Waals surface area contributed by atoms with Gasteiger partial charge in [-0.15, -0.1) is 0 Å². The van der Waals surface area contributed by atoms with Gasteiger partial charge in [0.15, 0.2) is 0 Å². The maximum absolute atomic E-state index is 12.8.